The van der Waals surface area contributed by atoms with Crippen molar-refractivity contribution in [3.8, 4) is 0 Å². The highest BCUT2D eigenvalue weighted by atomic mass is 32.1. The Bertz CT molecular complexity index is 1210. The molecule has 41 heavy (non-hydrogen) atoms. The van der Waals surface area contributed by atoms with E-state index in [2.05, 4.69) is 20.6 Å². The minimum absolute atomic E-state index is 0.142. The first-order valence-electron chi connectivity index (χ1n) is 13.0. The number of hydrogen-bond acceptors (Lipinski definition) is 7. The van der Waals surface area contributed by atoms with Gasteiger partial charge in [0, 0.05) is 37.4 Å². The predicted octanol–water partition coefficient (Wildman–Crippen LogP) is 4.30. The molecule has 228 valence electrons. The van der Waals surface area contributed by atoms with Crippen molar-refractivity contribution in [1.29, 1.82) is 0 Å². The van der Waals surface area contributed by atoms with E-state index in [0.717, 1.165) is 6.20 Å². The Morgan fingerprint density at radius 2 is 1.88 bits per heavy atom. The van der Waals surface area contributed by atoms with Crippen molar-refractivity contribution in [2.75, 3.05) is 25.0 Å². The van der Waals surface area contributed by atoms with Crippen molar-refractivity contribution in [2.45, 2.75) is 83.4 Å². The van der Waals surface area contributed by atoms with E-state index in [1.54, 1.807) is 6.92 Å². The topological polar surface area (TPSA) is 107 Å². The third kappa shape index (κ3) is 7.93. The number of carbonyl (C=O) groups is 2. The average molecular weight is 610 g/mol. The number of nitrogens with zero attached hydrogens (tertiary/aromatic N) is 3. The zero-order valence-corrected chi connectivity index (χ0v) is 23.9. The van der Waals surface area contributed by atoms with Gasteiger partial charge in [0.2, 0.25) is 0 Å². The zero-order chi connectivity index (χ0) is 31.0. The molecule has 15 heteroatoms. The van der Waals surface area contributed by atoms with Crippen molar-refractivity contribution in [2.24, 2.45) is 10.4 Å². The lowest BCUT2D eigenvalue weighted by Gasteiger charge is -2.27. The fraction of sp³-hybridized carbons (Fsp3) is 0.654. The van der Waals surface area contributed by atoms with Gasteiger partial charge >= 0.3 is 12.4 Å². The second kappa shape index (κ2) is 11.8. The fourth-order valence-corrected chi connectivity index (χ4v) is 4.74. The summed E-state index contributed by atoms with van der Waals surface area (Å²) in [6.45, 7) is 5.47. The van der Waals surface area contributed by atoms with Gasteiger partial charge in [-0.25, -0.2) is 4.98 Å². The van der Waals surface area contributed by atoms with E-state index in [-0.39, 0.29) is 31.1 Å². The molecule has 0 spiro atoms. The van der Waals surface area contributed by atoms with Gasteiger partial charge in [-0.05, 0) is 59.4 Å². The van der Waals surface area contributed by atoms with Crippen LogP contribution in [0.5, 0.6) is 0 Å². The highest BCUT2D eigenvalue weighted by molar-refractivity contribution is 7.81. The first-order valence-corrected chi connectivity index (χ1v) is 13.4. The maximum absolute atomic E-state index is 14.2. The Hall–Kier alpha value is -2.81. The van der Waals surface area contributed by atoms with Crippen LogP contribution in [-0.4, -0.2) is 80.9 Å². The van der Waals surface area contributed by atoms with Gasteiger partial charge in [-0.2, -0.15) is 26.3 Å². The number of likely N-dealkylation sites (tertiary alicyclic amines) is 1. The first kappa shape index (κ1) is 32.7. The molecule has 1 saturated carbocycles. The van der Waals surface area contributed by atoms with E-state index >= 15 is 0 Å². The number of anilines is 1. The smallest absolute Gasteiger partial charge is 0.389 e. The Kier molecular flexibility index (Phi) is 9.43. The highest BCUT2D eigenvalue weighted by Crippen LogP contribution is 2.57. The molecule has 2 aliphatic rings. The van der Waals surface area contributed by atoms with Crippen molar-refractivity contribution < 1.29 is 41.0 Å². The lowest BCUT2D eigenvalue weighted by atomic mass is 10.00. The van der Waals surface area contributed by atoms with Gasteiger partial charge in [0.15, 0.2) is 6.04 Å². The minimum atomic E-state index is -5.00. The van der Waals surface area contributed by atoms with Crippen LogP contribution in [0.25, 0.3) is 0 Å². The molecule has 0 aromatic carbocycles. The van der Waals surface area contributed by atoms with E-state index < -0.39 is 69.6 Å². The van der Waals surface area contributed by atoms with Gasteiger partial charge < -0.3 is 20.6 Å². The Labute approximate surface area is 239 Å². The SMILES string of the molecule is C/C(=N\C(C(=O)N1CCC[C@@H]1C)C(=S)c1cnc(NCC2(C(F)(F)F)CC2)cc1C(F)(F)F)C(=O)NCC(C)(C)O. The maximum atomic E-state index is 14.2. The van der Waals surface area contributed by atoms with Crippen LogP contribution in [0.3, 0.4) is 0 Å². The van der Waals surface area contributed by atoms with E-state index in [4.69, 9.17) is 12.2 Å². The molecule has 2 fully saturated rings. The van der Waals surface area contributed by atoms with Crippen LogP contribution >= 0.6 is 12.2 Å². The summed E-state index contributed by atoms with van der Waals surface area (Å²) in [4.78, 5) is 35.0. The van der Waals surface area contributed by atoms with Gasteiger partial charge in [0.25, 0.3) is 11.8 Å². The molecule has 0 bridgehead atoms. The second-order valence-electron chi connectivity index (χ2n) is 11.2. The largest absolute Gasteiger partial charge is 0.417 e. The number of hydrogen-bond donors (Lipinski definition) is 3. The molecule has 2 atom stereocenters. The van der Waals surface area contributed by atoms with Crippen LogP contribution in [-0.2, 0) is 15.8 Å². The van der Waals surface area contributed by atoms with Crippen molar-refractivity contribution in [1.82, 2.24) is 15.2 Å². The van der Waals surface area contributed by atoms with Crippen LogP contribution in [0.4, 0.5) is 32.2 Å². The van der Waals surface area contributed by atoms with Crippen molar-refractivity contribution >= 4 is 40.4 Å². The Morgan fingerprint density at radius 1 is 1.24 bits per heavy atom. The molecule has 3 rings (SSSR count). The van der Waals surface area contributed by atoms with Crippen molar-refractivity contribution in [3.05, 3.63) is 23.4 Å². The first-order chi connectivity index (χ1) is 18.8. The molecule has 2 heterocycles. The molecule has 1 aliphatic carbocycles. The molecule has 1 aromatic rings. The number of nitrogens with one attached hydrogen (secondary N) is 2. The average Bonchev–Trinajstić information content (AvgIpc) is 3.56. The number of alkyl halides is 6. The monoisotopic (exact) mass is 609 g/mol. The molecule has 1 aromatic heterocycles. The second-order valence-corrected chi connectivity index (χ2v) is 11.7. The summed E-state index contributed by atoms with van der Waals surface area (Å²) < 4.78 is 82.4. The van der Waals surface area contributed by atoms with Crippen LogP contribution < -0.4 is 10.6 Å². The number of halogens is 6. The fourth-order valence-electron chi connectivity index (χ4n) is 4.42. The summed E-state index contributed by atoms with van der Waals surface area (Å²) >= 11 is 5.37. The maximum Gasteiger partial charge on any atom is 0.417 e. The third-order valence-corrected chi connectivity index (χ3v) is 7.63. The van der Waals surface area contributed by atoms with Gasteiger partial charge in [-0.15, -0.1) is 0 Å². The predicted molar refractivity (Wildman–Crippen MR) is 144 cm³/mol. The quantitative estimate of drug-likeness (QED) is 0.158. The minimum Gasteiger partial charge on any atom is -0.389 e. The summed E-state index contributed by atoms with van der Waals surface area (Å²) in [5.74, 6) is -1.87. The summed E-state index contributed by atoms with van der Waals surface area (Å²) in [5, 5.41) is 14.7. The van der Waals surface area contributed by atoms with Crippen LogP contribution in [0.15, 0.2) is 17.3 Å². The summed E-state index contributed by atoms with van der Waals surface area (Å²) in [7, 11) is 0. The number of pyridine rings is 1. The van der Waals surface area contributed by atoms with Crippen LogP contribution in [0.2, 0.25) is 0 Å². The molecule has 3 N–H and O–H groups in total. The van der Waals surface area contributed by atoms with E-state index in [0.29, 0.717) is 25.5 Å². The summed E-state index contributed by atoms with van der Waals surface area (Å²) in [6, 6.07) is -1.36. The molecule has 1 aliphatic heterocycles. The number of aliphatic imine (C=N–C) groups is 1. The highest BCUT2D eigenvalue weighted by Gasteiger charge is 2.63. The summed E-state index contributed by atoms with van der Waals surface area (Å²) in [6.07, 6.45) is -7.71. The Morgan fingerprint density at radius 3 is 2.37 bits per heavy atom. The standard InChI is InChI=1S/C26H33F6N5O3S/c1-14-6-5-9-37(14)22(39)19(36-15(2)21(38)35-12-23(3,4)40)20(41)16-11-33-18(10-17(16)25(27,28)29)34-13-24(7-8-24)26(30,31)32/h10-11,14,19,40H,5-9,12-13H2,1-4H3,(H,33,34)(H,35,38)/b36-15+/t14-,19?/m0/s1. The number of aliphatic hydroxyl groups is 1. The van der Waals surface area contributed by atoms with E-state index in [1.165, 1.54) is 25.7 Å². The summed E-state index contributed by atoms with van der Waals surface area (Å²) in [5.41, 5.74) is -5.46. The molecule has 0 radical (unpaired) electrons. The number of thiocarbonyl (C=S) groups is 1. The molecule has 2 amide bonds. The normalized spacial score (nSPS) is 20.0. The lowest BCUT2D eigenvalue weighted by Crippen LogP contribution is -2.45. The molecular formula is C26H33F6N5O3S. The lowest BCUT2D eigenvalue weighted by molar-refractivity contribution is -0.182. The molecular weight excluding hydrogens is 576 g/mol. The zero-order valence-electron chi connectivity index (χ0n) is 23.0. The number of amides is 2. The molecule has 1 saturated heterocycles. The van der Waals surface area contributed by atoms with Gasteiger partial charge in [0.1, 0.15) is 5.82 Å². The van der Waals surface area contributed by atoms with E-state index in [9.17, 15) is 41.0 Å². The van der Waals surface area contributed by atoms with Crippen LogP contribution in [0.1, 0.15) is 64.5 Å². The Balaban J connectivity index is 1.97. The van der Waals surface area contributed by atoms with Gasteiger partial charge in [0.05, 0.1) is 27.2 Å². The third-order valence-electron chi connectivity index (χ3n) is 7.19. The van der Waals surface area contributed by atoms with Gasteiger partial charge in [-0.1, -0.05) is 12.2 Å². The molecule has 1 unspecified atom stereocenters. The molecule has 8 nitrogen and oxygen atoms in total. The van der Waals surface area contributed by atoms with E-state index in [1.807, 2.05) is 0 Å². The number of carbonyl (C=O) groups excluding carboxylic acids is 2. The van der Waals surface area contributed by atoms with Gasteiger partial charge in [-0.3, -0.25) is 14.6 Å². The number of aromatic nitrogens is 1. The van der Waals surface area contributed by atoms with Crippen molar-refractivity contribution in [3.63, 3.8) is 0 Å². The van der Waals surface area contributed by atoms with Crippen LogP contribution in [0, 0.1) is 5.41 Å². The number of rotatable bonds is 10.